The van der Waals surface area contributed by atoms with E-state index in [9.17, 15) is 9.90 Å². The van der Waals surface area contributed by atoms with E-state index in [1.165, 1.54) is 0 Å². The van der Waals surface area contributed by atoms with Crippen LogP contribution < -0.4 is 0 Å². The van der Waals surface area contributed by atoms with Crippen LogP contribution in [0.4, 0.5) is 0 Å². The lowest BCUT2D eigenvalue weighted by Crippen LogP contribution is -2.50. The SMILES string of the molecule is CC(=O)N1CCC(O)(C2(C#N)CC2)CC1. The number of hydrogen-bond donors (Lipinski definition) is 1. The number of likely N-dealkylation sites (tertiary alicyclic amines) is 1. The van der Waals surface area contributed by atoms with Crippen molar-refractivity contribution in [1.29, 1.82) is 5.26 Å². The van der Waals surface area contributed by atoms with E-state index in [-0.39, 0.29) is 5.91 Å². The Kier molecular flexibility index (Phi) is 2.23. The van der Waals surface area contributed by atoms with Crippen molar-refractivity contribution in [2.75, 3.05) is 13.1 Å². The molecule has 0 spiro atoms. The average molecular weight is 208 g/mol. The zero-order valence-electron chi connectivity index (χ0n) is 8.99. The summed E-state index contributed by atoms with van der Waals surface area (Å²) in [5, 5.41) is 19.5. The van der Waals surface area contributed by atoms with Gasteiger partial charge in [-0.3, -0.25) is 4.79 Å². The highest BCUT2D eigenvalue weighted by molar-refractivity contribution is 5.73. The second-order valence-electron chi connectivity index (χ2n) is 4.73. The zero-order chi connectivity index (χ0) is 11.1. The van der Waals surface area contributed by atoms with E-state index >= 15 is 0 Å². The molecule has 0 aromatic rings. The summed E-state index contributed by atoms with van der Waals surface area (Å²) in [6.45, 7) is 2.70. The molecule has 0 radical (unpaired) electrons. The van der Waals surface area contributed by atoms with Gasteiger partial charge in [0, 0.05) is 20.0 Å². The summed E-state index contributed by atoms with van der Waals surface area (Å²) in [5.74, 6) is 0.0545. The van der Waals surface area contributed by atoms with Gasteiger partial charge in [0.05, 0.1) is 17.1 Å². The Morgan fingerprint density at radius 2 is 1.87 bits per heavy atom. The molecule has 1 aliphatic heterocycles. The summed E-state index contributed by atoms with van der Waals surface area (Å²) in [6.07, 6.45) is 2.69. The van der Waals surface area contributed by atoms with E-state index in [1.54, 1.807) is 11.8 Å². The van der Waals surface area contributed by atoms with Crippen molar-refractivity contribution in [3.8, 4) is 6.07 Å². The van der Waals surface area contributed by atoms with Gasteiger partial charge in [-0.15, -0.1) is 0 Å². The van der Waals surface area contributed by atoms with Gasteiger partial charge in [-0.05, 0) is 25.7 Å². The number of piperidine rings is 1. The first kappa shape index (κ1) is 10.4. The maximum Gasteiger partial charge on any atom is 0.219 e. The quantitative estimate of drug-likeness (QED) is 0.688. The molecule has 0 atom stereocenters. The predicted molar refractivity (Wildman–Crippen MR) is 53.7 cm³/mol. The summed E-state index contributed by atoms with van der Waals surface area (Å²) in [4.78, 5) is 12.9. The van der Waals surface area contributed by atoms with Gasteiger partial charge in [0.2, 0.25) is 5.91 Å². The predicted octanol–water partition coefficient (Wildman–Crippen LogP) is 0.664. The van der Waals surface area contributed by atoms with Crippen molar-refractivity contribution < 1.29 is 9.90 Å². The van der Waals surface area contributed by atoms with Crippen LogP contribution in [0.3, 0.4) is 0 Å². The van der Waals surface area contributed by atoms with Gasteiger partial charge in [0.15, 0.2) is 0 Å². The standard InChI is InChI=1S/C11H16N2O2/c1-9(14)13-6-4-11(15,5-7-13)10(8-12)2-3-10/h15H,2-7H2,1H3. The Morgan fingerprint density at radius 3 is 2.20 bits per heavy atom. The molecular weight excluding hydrogens is 192 g/mol. The van der Waals surface area contributed by atoms with Crippen molar-refractivity contribution in [2.45, 2.75) is 38.2 Å². The van der Waals surface area contributed by atoms with Crippen LogP contribution in [-0.2, 0) is 4.79 Å². The minimum absolute atomic E-state index is 0.0545. The largest absolute Gasteiger partial charge is 0.388 e. The Bertz CT molecular complexity index is 320. The van der Waals surface area contributed by atoms with Gasteiger partial charge in [0.25, 0.3) is 0 Å². The van der Waals surface area contributed by atoms with Crippen LogP contribution in [0.2, 0.25) is 0 Å². The smallest absolute Gasteiger partial charge is 0.219 e. The van der Waals surface area contributed by atoms with E-state index < -0.39 is 11.0 Å². The van der Waals surface area contributed by atoms with Crippen LogP contribution in [0.15, 0.2) is 0 Å². The second-order valence-corrected chi connectivity index (χ2v) is 4.73. The normalized spacial score (nSPS) is 26.9. The number of aliphatic hydroxyl groups is 1. The summed E-state index contributed by atoms with van der Waals surface area (Å²) in [5.41, 5.74) is -1.36. The monoisotopic (exact) mass is 208 g/mol. The van der Waals surface area contributed by atoms with E-state index in [4.69, 9.17) is 5.26 Å². The summed E-state index contributed by atoms with van der Waals surface area (Å²) in [7, 11) is 0. The van der Waals surface area contributed by atoms with Gasteiger partial charge >= 0.3 is 0 Å². The van der Waals surface area contributed by atoms with Crippen LogP contribution in [0, 0.1) is 16.7 Å². The number of nitriles is 1. The fourth-order valence-electron chi connectivity index (χ4n) is 2.48. The van der Waals surface area contributed by atoms with Crippen molar-refractivity contribution in [1.82, 2.24) is 4.90 Å². The summed E-state index contributed by atoms with van der Waals surface area (Å²) in [6, 6.07) is 2.25. The molecule has 4 heteroatoms. The van der Waals surface area contributed by atoms with Gasteiger partial charge in [0.1, 0.15) is 0 Å². The number of hydrogen-bond acceptors (Lipinski definition) is 3. The van der Waals surface area contributed by atoms with Gasteiger partial charge in [-0.25, -0.2) is 0 Å². The molecular formula is C11H16N2O2. The van der Waals surface area contributed by atoms with Gasteiger partial charge in [-0.2, -0.15) is 5.26 Å². The Hall–Kier alpha value is -1.08. The Morgan fingerprint density at radius 1 is 1.33 bits per heavy atom. The molecule has 0 aromatic heterocycles. The first-order valence-corrected chi connectivity index (χ1v) is 5.42. The Balaban J connectivity index is 2.04. The number of carbonyl (C=O) groups excluding carboxylic acids is 1. The molecule has 1 saturated heterocycles. The molecule has 1 saturated carbocycles. The fraction of sp³-hybridized carbons (Fsp3) is 0.818. The lowest BCUT2D eigenvalue weighted by molar-refractivity contribution is -0.135. The third-order valence-corrected chi connectivity index (χ3v) is 3.89. The highest BCUT2D eigenvalue weighted by Crippen LogP contribution is 2.57. The topological polar surface area (TPSA) is 64.3 Å². The molecule has 1 amide bonds. The average Bonchev–Trinajstić information content (AvgIpc) is 2.99. The minimum Gasteiger partial charge on any atom is -0.388 e. The summed E-state index contributed by atoms with van der Waals surface area (Å²) < 4.78 is 0. The highest BCUT2D eigenvalue weighted by Gasteiger charge is 2.60. The van der Waals surface area contributed by atoms with Gasteiger partial charge in [-0.1, -0.05) is 0 Å². The van der Waals surface area contributed by atoms with Crippen molar-refractivity contribution >= 4 is 5.91 Å². The van der Waals surface area contributed by atoms with Crippen molar-refractivity contribution in [3.63, 3.8) is 0 Å². The zero-order valence-corrected chi connectivity index (χ0v) is 8.99. The van der Waals surface area contributed by atoms with Gasteiger partial charge < -0.3 is 10.0 Å². The van der Waals surface area contributed by atoms with Crippen LogP contribution in [-0.4, -0.2) is 34.6 Å². The molecule has 82 valence electrons. The van der Waals surface area contributed by atoms with Crippen molar-refractivity contribution in [3.05, 3.63) is 0 Å². The van der Waals surface area contributed by atoms with E-state index in [0.29, 0.717) is 25.9 Å². The maximum atomic E-state index is 11.1. The first-order valence-electron chi connectivity index (χ1n) is 5.42. The molecule has 15 heavy (non-hydrogen) atoms. The molecule has 1 aliphatic carbocycles. The minimum atomic E-state index is -0.853. The number of rotatable bonds is 1. The highest BCUT2D eigenvalue weighted by atomic mass is 16.3. The molecule has 2 rings (SSSR count). The number of nitrogens with zero attached hydrogens (tertiary/aromatic N) is 2. The van der Waals surface area contributed by atoms with Crippen molar-refractivity contribution in [2.24, 2.45) is 5.41 Å². The Labute approximate surface area is 89.5 Å². The molecule has 4 nitrogen and oxygen atoms in total. The fourth-order valence-corrected chi connectivity index (χ4v) is 2.48. The number of amides is 1. The molecule has 0 aromatic carbocycles. The lowest BCUT2D eigenvalue weighted by atomic mass is 9.77. The summed E-state index contributed by atoms with van der Waals surface area (Å²) >= 11 is 0. The van der Waals surface area contributed by atoms with Crippen LogP contribution >= 0.6 is 0 Å². The van der Waals surface area contributed by atoms with Crippen LogP contribution in [0.5, 0.6) is 0 Å². The van der Waals surface area contributed by atoms with Crippen LogP contribution in [0.25, 0.3) is 0 Å². The first-order chi connectivity index (χ1) is 7.03. The molecule has 0 bridgehead atoms. The van der Waals surface area contributed by atoms with E-state index in [1.807, 2.05) is 0 Å². The molecule has 1 heterocycles. The molecule has 1 N–H and O–H groups in total. The number of carbonyl (C=O) groups is 1. The molecule has 2 aliphatic rings. The molecule has 2 fully saturated rings. The second kappa shape index (κ2) is 3.21. The third kappa shape index (κ3) is 1.51. The van der Waals surface area contributed by atoms with E-state index in [0.717, 1.165) is 12.8 Å². The van der Waals surface area contributed by atoms with Crippen LogP contribution in [0.1, 0.15) is 32.6 Å². The maximum absolute atomic E-state index is 11.1. The molecule has 0 unspecified atom stereocenters. The third-order valence-electron chi connectivity index (χ3n) is 3.89. The lowest BCUT2D eigenvalue weighted by Gasteiger charge is -2.40. The van der Waals surface area contributed by atoms with E-state index in [2.05, 4.69) is 6.07 Å².